The Bertz CT molecular complexity index is 2650. The summed E-state index contributed by atoms with van der Waals surface area (Å²) >= 11 is 0. The van der Waals surface area contributed by atoms with E-state index in [4.69, 9.17) is 18.9 Å². The molecule has 0 spiro atoms. The second-order valence-corrected chi connectivity index (χ2v) is 20.1. The number of halogens is 3. The highest BCUT2D eigenvalue weighted by Gasteiger charge is 2.63. The first-order valence-electron chi connectivity index (χ1n) is 22.1. The third kappa shape index (κ3) is 9.31. The fourth-order valence-corrected chi connectivity index (χ4v) is 10.3. The van der Waals surface area contributed by atoms with E-state index in [9.17, 15) is 40.8 Å². The van der Waals surface area contributed by atoms with Crippen LogP contribution >= 0.6 is 0 Å². The van der Waals surface area contributed by atoms with Crippen molar-refractivity contribution in [2.24, 2.45) is 5.92 Å². The number of sulfonamides is 1. The van der Waals surface area contributed by atoms with Crippen molar-refractivity contribution in [3.8, 4) is 23.0 Å². The normalized spacial score (nSPS) is 26.6. The number of alkyl carbamates (subject to hydrolysis) is 1. The fraction of sp³-hybridized carbons (Fsp3) is 0.511. The van der Waals surface area contributed by atoms with E-state index in [0.29, 0.717) is 67.0 Å². The van der Waals surface area contributed by atoms with Crippen LogP contribution in [0.4, 0.5) is 18.0 Å². The van der Waals surface area contributed by atoms with Gasteiger partial charge in [-0.1, -0.05) is 37.1 Å². The minimum absolute atomic E-state index is 0.0695. The number of rotatable bonds is 9. The molecule has 2 aromatic carbocycles. The van der Waals surface area contributed by atoms with Gasteiger partial charge in [0.2, 0.25) is 27.4 Å². The molecule has 0 unspecified atom stereocenters. The predicted molar refractivity (Wildman–Crippen MR) is 228 cm³/mol. The first-order chi connectivity index (χ1) is 31.0. The van der Waals surface area contributed by atoms with Crippen LogP contribution in [-0.2, 0) is 29.1 Å². The summed E-state index contributed by atoms with van der Waals surface area (Å²) in [6, 6.07) is 9.62. The topological polar surface area (TPSA) is 208 Å². The zero-order chi connectivity index (χ0) is 45.7. The summed E-state index contributed by atoms with van der Waals surface area (Å²) in [5.41, 5.74) is -0.397. The number of carbonyl (C=O) groups is 4. The van der Waals surface area contributed by atoms with Crippen molar-refractivity contribution >= 4 is 55.9 Å². The Morgan fingerprint density at radius 2 is 1.69 bits per heavy atom. The molecule has 65 heavy (non-hydrogen) atoms. The lowest BCUT2D eigenvalue weighted by molar-refractivity contribution is -0.274. The van der Waals surface area contributed by atoms with Crippen molar-refractivity contribution < 1.29 is 59.4 Å². The Labute approximate surface area is 372 Å². The number of nitrogens with zero attached hydrogens (tertiary/aromatic N) is 3. The summed E-state index contributed by atoms with van der Waals surface area (Å²) < 4.78 is 89.0. The van der Waals surface area contributed by atoms with Crippen LogP contribution in [-0.4, -0.2) is 94.6 Å². The number of ether oxygens (including phenoxy) is 3. The van der Waals surface area contributed by atoms with Crippen LogP contribution in [0, 0.1) is 5.92 Å². The van der Waals surface area contributed by atoms with E-state index in [1.165, 1.54) is 17.0 Å². The zero-order valence-electron chi connectivity index (χ0n) is 35.5. The second kappa shape index (κ2) is 17.1. The zero-order valence-corrected chi connectivity index (χ0v) is 36.3. The Kier molecular flexibility index (Phi) is 11.7. The number of carbonyl (C=O) groups excluding carboxylic acids is 4. The third-order valence-corrected chi connectivity index (χ3v) is 15.3. The molecule has 16 nitrogen and oxygen atoms in total. The number of hydrogen-bond donors (Lipinski definition) is 3. The monoisotopic (exact) mass is 922 g/mol. The summed E-state index contributed by atoms with van der Waals surface area (Å²) in [4.78, 5) is 67.4. The summed E-state index contributed by atoms with van der Waals surface area (Å²) in [6.07, 6.45) is 3.78. The number of amides is 4. The summed E-state index contributed by atoms with van der Waals surface area (Å²) in [7, 11) is -4.07. The van der Waals surface area contributed by atoms with Gasteiger partial charge < -0.3 is 34.2 Å². The van der Waals surface area contributed by atoms with Gasteiger partial charge in [-0.15, -0.1) is 13.2 Å². The van der Waals surface area contributed by atoms with Crippen molar-refractivity contribution in [2.45, 2.75) is 131 Å². The van der Waals surface area contributed by atoms with Crippen molar-refractivity contribution in [1.82, 2.24) is 30.2 Å². The largest absolute Gasteiger partial charge is 0.573 e. The number of fused-ring (bicyclic) bond motifs is 5. The van der Waals surface area contributed by atoms with Crippen LogP contribution < -0.4 is 24.8 Å². The van der Waals surface area contributed by atoms with Gasteiger partial charge in [-0.05, 0) is 108 Å². The molecule has 346 valence electrons. The average molecular weight is 923 g/mol. The maximum Gasteiger partial charge on any atom is 0.573 e. The molecule has 9 rings (SSSR count). The third-order valence-electron chi connectivity index (χ3n) is 13.2. The lowest BCUT2D eigenvalue weighted by Gasteiger charge is -2.30. The molecular weight excluding hydrogens is 874 g/mol. The van der Waals surface area contributed by atoms with Crippen molar-refractivity contribution in [3.05, 3.63) is 60.7 Å². The van der Waals surface area contributed by atoms with Gasteiger partial charge in [0.1, 0.15) is 46.7 Å². The molecule has 4 fully saturated rings. The van der Waals surface area contributed by atoms with Crippen LogP contribution in [0.3, 0.4) is 0 Å². The van der Waals surface area contributed by atoms with Crippen LogP contribution in [0.1, 0.15) is 90.4 Å². The number of allylic oxidation sites excluding steroid dienone is 1. The molecule has 4 heterocycles. The summed E-state index contributed by atoms with van der Waals surface area (Å²) in [5.74, 6) is -3.15. The van der Waals surface area contributed by atoms with Crippen LogP contribution in [0.2, 0.25) is 0 Å². The van der Waals surface area contributed by atoms with E-state index in [1.54, 1.807) is 31.2 Å². The molecule has 5 aliphatic rings. The first-order valence-corrected chi connectivity index (χ1v) is 23.5. The molecule has 2 aliphatic heterocycles. The fourth-order valence-electron chi connectivity index (χ4n) is 9.02. The Hall–Kier alpha value is -5.92. The van der Waals surface area contributed by atoms with Crippen LogP contribution in [0.15, 0.2) is 65.1 Å². The van der Waals surface area contributed by atoms with Crippen molar-refractivity contribution in [1.29, 1.82) is 0 Å². The SMILES string of the molecule is CC1(S(=O)(=O)NC(=O)[C@@]23C[C@@H]2/C=C\CCCCC[C@H](NC(=O)OC2CCCC2)C(=O)N2C[C@H](Oc4nc(-c5ccc(OC(F)(F)F)cc5)nc5c4oc4ccccc45)C[C@H]2C(=O)N3)CC1. The summed E-state index contributed by atoms with van der Waals surface area (Å²) in [6.45, 7) is 1.37. The van der Waals surface area contributed by atoms with Crippen LogP contribution in [0.5, 0.6) is 11.6 Å². The first kappa shape index (κ1) is 44.3. The second-order valence-electron chi connectivity index (χ2n) is 17.9. The molecule has 4 amide bonds. The minimum atomic E-state index is -4.90. The van der Waals surface area contributed by atoms with Crippen molar-refractivity contribution in [3.63, 3.8) is 0 Å². The molecule has 3 saturated carbocycles. The smallest absolute Gasteiger partial charge is 0.470 e. The molecule has 0 bridgehead atoms. The number of alkyl halides is 3. The lowest BCUT2D eigenvalue weighted by Crippen LogP contribution is -2.58. The number of furan rings is 1. The molecule has 5 atom stereocenters. The molecule has 20 heteroatoms. The Balaban J connectivity index is 1.05. The van der Waals surface area contributed by atoms with E-state index >= 15 is 0 Å². The van der Waals surface area contributed by atoms with Gasteiger partial charge in [-0.2, -0.15) is 4.98 Å². The highest BCUT2D eigenvalue weighted by Crippen LogP contribution is 2.48. The number of benzene rings is 2. The molecular formula is C45H49F3N6O10S. The van der Waals surface area contributed by atoms with E-state index in [0.717, 1.165) is 31.4 Å². The molecule has 0 radical (unpaired) electrons. The Morgan fingerprint density at radius 1 is 0.954 bits per heavy atom. The lowest BCUT2D eigenvalue weighted by atomic mass is 10.0. The Morgan fingerprint density at radius 3 is 2.43 bits per heavy atom. The maximum atomic E-state index is 14.8. The van der Waals surface area contributed by atoms with E-state index < -0.39 is 80.3 Å². The molecule has 3 N–H and O–H groups in total. The van der Waals surface area contributed by atoms with Gasteiger partial charge in [0.25, 0.3) is 11.8 Å². The van der Waals surface area contributed by atoms with E-state index in [2.05, 4.69) is 25.1 Å². The van der Waals surface area contributed by atoms with Gasteiger partial charge >= 0.3 is 12.5 Å². The van der Waals surface area contributed by atoms with Gasteiger partial charge in [0.05, 0.1) is 11.3 Å². The van der Waals surface area contributed by atoms with Crippen molar-refractivity contribution in [2.75, 3.05) is 6.54 Å². The molecule has 3 aliphatic carbocycles. The van der Waals surface area contributed by atoms with Gasteiger partial charge in [0, 0.05) is 23.3 Å². The maximum absolute atomic E-state index is 14.8. The predicted octanol–water partition coefficient (Wildman–Crippen LogP) is 6.72. The number of para-hydroxylation sites is 1. The highest BCUT2D eigenvalue weighted by atomic mass is 32.2. The quantitative estimate of drug-likeness (QED) is 0.150. The molecule has 4 aromatic rings. The van der Waals surface area contributed by atoms with Gasteiger partial charge in [0.15, 0.2) is 5.82 Å². The van der Waals surface area contributed by atoms with E-state index in [-0.39, 0.29) is 49.2 Å². The number of aromatic nitrogens is 2. The molecule has 1 saturated heterocycles. The van der Waals surface area contributed by atoms with Gasteiger partial charge in [-0.25, -0.2) is 18.2 Å². The average Bonchev–Trinajstić information content (AvgIpc) is 3.92. The van der Waals surface area contributed by atoms with Gasteiger partial charge in [-0.3, -0.25) is 19.1 Å². The summed E-state index contributed by atoms with van der Waals surface area (Å²) in [5, 5.41) is 6.22. The number of nitrogens with one attached hydrogen (secondary N) is 3. The highest BCUT2D eigenvalue weighted by molar-refractivity contribution is 7.91. The van der Waals surface area contributed by atoms with Crippen LogP contribution in [0.25, 0.3) is 33.5 Å². The molecule has 2 aromatic heterocycles. The standard InChI is InChI=1S/C45H49F3N6O10S/c1-43(21-22-43)65(59,60)53-41(57)44-24-27(44)11-5-3-2-4-6-15-32(49-42(58)62-28-12-7-8-13-28)40(56)54-25-30(23-33(54)38(55)52-44)61-39-36-35(31-14-9-10-16-34(31)63-36)50-37(51-39)26-17-19-29(20-18-26)64-45(46,47)48/h5,9-11,14,16-20,27-28,30,32-33H,2-4,6-8,12-13,15,21-25H2,1H3,(H,49,58)(H,52,55)(H,53,57)/b11-5-/t27-,30+,32-,33-,44+/m0/s1. The number of hydrogen-bond acceptors (Lipinski definition) is 12. The van der Waals surface area contributed by atoms with E-state index in [1.807, 2.05) is 12.2 Å². The minimum Gasteiger partial charge on any atom is -0.470 e.